The monoisotopic (exact) mass is 213 g/mol. The van der Waals surface area contributed by atoms with E-state index in [0.717, 1.165) is 4.47 Å². The lowest BCUT2D eigenvalue weighted by atomic mass is 10.1. The zero-order chi connectivity index (χ0) is 8.43. The number of hydrogen-bond donors (Lipinski definition) is 1. The predicted octanol–water partition coefficient (Wildman–Crippen LogP) is 2.23. The van der Waals surface area contributed by atoms with E-state index in [4.69, 9.17) is 5.73 Å². The summed E-state index contributed by atoms with van der Waals surface area (Å²) in [6.07, 6.45) is 0. The van der Waals surface area contributed by atoms with Crippen molar-refractivity contribution in [3.05, 3.63) is 28.2 Å². The highest BCUT2D eigenvalue weighted by molar-refractivity contribution is 9.10. The third-order valence-corrected chi connectivity index (χ3v) is 2.12. The largest absolute Gasteiger partial charge is 0.398 e. The molecular formula is C8H8BrNO. The molecule has 1 aromatic rings. The molecule has 3 heteroatoms. The average molecular weight is 214 g/mol. The van der Waals surface area contributed by atoms with Crippen molar-refractivity contribution in [1.29, 1.82) is 0 Å². The van der Waals surface area contributed by atoms with Crippen LogP contribution in [0, 0.1) is 0 Å². The van der Waals surface area contributed by atoms with Crippen LogP contribution >= 0.6 is 15.9 Å². The van der Waals surface area contributed by atoms with Crippen molar-refractivity contribution in [1.82, 2.24) is 0 Å². The van der Waals surface area contributed by atoms with Crippen LogP contribution < -0.4 is 5.73 Å². The van der Waals surface area contributed by atoms with E-state index in [1.807, 2.05) is 0 Å². The Morgan fingerprint density at radius 3 is 2.64 bits per heavy atom. The lowest BCUT2D eigenvalue weighted by Crippen LogP contribution is -1.94. The van der Waals surface area contributed by atoms with Gasteiger partial charge in [0.05, 0.1) is 0 Å². The molecule has 0 unspecified atom stereocenters. The number of benzene rings is 1. The summed E-state index contributed by atoms with van der Waals surface area (Å²) >= 11 is 3.24. The maximum absolute atomic E-state index is 10.8. The summed E-state index contributed by atoms with van der Waals surface area (Å²) in [5.41, 5.74) is 6.80. The average Bonchev–Trinajstić information content (AvgIpc) is 1.94. The fourth-order valence-electron chi connectivity index (χ4n) is 0.763. The van der Waals surface area contributed by atoms with Gasteiger partial charge in [-0.15, -0.1) is 0 Å². The molecule has 1 aromatic carbocycles. The fraction of sp³-hybridized carbons (Fsp3) is 0.125. The van der Waals surface area contributed by atoms with Crippen molar-refractivity contribution < 1.29 is 4.79 Å². The third kappa shape index (κ3) is 1.80. The molecule has 0 atom stereocenters. The highest BCUT2D eigenvalue weighted by atomic mass is 79.9. The van der Waals surface area contributed by atoms with Crippen molar-refractivity contribution in [3.63, 3.8) is 0 Å². The molecule has 11 heavy (non-hydrogen) atoms. The number of ketones is 1. The number of nitrogens with two attached hydrogens (primary N) is 1. The van der Waals surface area contributed by atoms with Crippen LogP contribution in [-0.2, 0) is 0 Å². The van der Waals surface area contributed by atoms with Crippen LogP contribution in [0.25, 0.3) is 0 Å². The van der Waals surface area contributed by atoms with Crippen molar-refractivity contribution in [3.8, 4) is 0 Å². The Bertz CT molecular complexity index is 296. The van der Waals surface area contributed by atoms with Crippen molar-refractivity contribution in [2.75, 3.05) is 5.73 Å². The molecule has 0 saturated heterocycles. The normalized spacial score (nSPS) is 9.64. The minimum Gasteiger partial charge on any atom is -0.398 e. The lowest BCUT2D eigenvalue weighted by Gasteiger charge is -1.99. The molecule has 0 saturated carbocycles. The smallest absolute Gasteiger partial charge is 0.159 e. The highest BCUT2D eigenvalue weighted by Crippen LogP contribution is 2.20. The molecule has 0 bridgehead atoms. The van der Waals surface area contributed by atoms with E-state index < -0.39 is 0 Å². The zero-order valence-electron chi connectivity index (χ0n) is 6.10. The molecule has 0 aliphatic rings. The molecule has 0 aromatic heterocycles. The third-order valence-electron chi connectivity index (χ3n) is 1.40. The van der Waals surface area contributed by atoms with Gasteiger partial charge in [-0.1, -0.05) is 6.07 Å². The summed E-state index contributed by atoms with van der Waals surface area (Å²) in [5.74, 6) is 0.0317. The van der Waals surface area contributed by atoms with E-state index >= 15 is 0 Å². The second-order valence-corrected chi connectivity index (χ2v) is 3.15. The standard InChI is InChI=1S/C8H8BrNO/c1-5(11)6-2-3-7(9)8(10)4-6/h2-4H,10H2,1H3. The van der Waals surface area contributed by atoms with Crippen LogP contribution in [0.2, 0.25) is 0 Å². The number of anilines is 1. The van der Waals surface area contributed by atoms with E-state index in [1.165, 1.54) is 6.92 Å². The summed E-state index contributed by atoms with van der Waals surface area (Å²) in [6.45, 7) is 1.52. The predicted molar refractivity (Wildman–Crippen MR) is 48.6 cm³/mol. The van der Waals surface area contributed by atoms with Crippen LogP contribution in [0.15, 0.2) is 22.7 Å². The Morgan fingerprint density at radius 1 is 1.55 bits per heavy atom. The minimum atomic E-state index is 0.0317. The number of Topliss-reactive ketones (excluding diaryl/α,β-unsaturated/α-hetero) is 1. The Balaban J connectivity index is 3.15. The van der Waals surface area contributed by atoms with Gasteiger partial charge in [0.1, 0.15) is 0 Å². The molecule has 0 aliphatic carbocycles. The summed E-state index contributed by atoms with van der Waals surface area (Å²) in [5, 5.41) is 0. The molecule has 0 heterocycles. The second-order valence-electron chi connectivity index (χ2n) is 2.29. The number of hydrogen-bond acceptors (Lipinski definition) is 2. The number of rotatable bonds is 1. The molecule has 0 aliphatic heterocycles. The van der Waals surface area contributed by atoms with E-state index in [9.17, 15) is 4.79 Å². The van der Waals surface area contributed by atoms with Crippen LogP contribution in [-0.4, -0.2) is 5.78 Å². The molecular weight excluding hydrogens is 206 g/mol. The molecule has 2 N–H and O–H groups in total. The topological polar surface area (TPSA) is 43.1 Å². The lowest BCUT2D eigenvalue weighted by molar-refractivity contribution is 0.101. The van der Waals surface area contributed by atoms with Gasteiger partial charge in [0.15, 0.2) is 5.78 Å². The second kappa shape index (κ2) is 3.05. The van der Waals surface area contributed by atoms with E-state index in [2.05, 4.69) is 15.9 Å². The zero-order valence-corrected chi connectivity index (χ0v) is 7.68. The van der Waals surface area contributed by atoms with Crippen LogP contribution in [0.3, 0.4) is 0 Å². The SMILES string of the molecule is CC(=O)c1ccc(Br)c(N)c1. The quantitative estimate of drug-likeness (QED) is 0.575. The summed E-state index contributed by atoms with van der Waals surface area (Å²) in [4.78, 5) is 10.8. The first-order valence-electron chi connectivity index (χ1n) is 3.17. The minimum absolute atomic E-state index is 0.0317. The molecule has 0 radical (unpaired) electrons. The number of carbonyl (C=O) groups excluding carboxylic acids is 1. The molecule has 1 rings (SSSR count). The molecule has 0 spiro atoms. The Kier molecular flexibility index (Phi) is 2.29. The van der Waals surface area contributed by atoms with Crippen LogP contribution in [0.4, 0.5) is 5.69 Å². The Hall–Kier alpha value is -0.830. The maximum atomic E-state index is 10.8. The number of nitrogen functional groups attached to an aromatic ring is 1. The van der Waals surface area contributed by atoms with Crippen LogP contribution in [0.5, 0.6) is 0 Å². The first-order valence-corrected chi connectivity index (χ1v) is 3.96. The van der Waals surface area contributed by atoms with Crippen molar-refractivity contribution >= 4 is 27.4 Å². The van der Waals surface area contributed by atoms with Crippen LogP contribution in [0.1, 0.15) is 17.3 Å². The fourth-order valence-corrected chi connectivity index (χ4v) is 1.01. The van der Waals surface area contributed by atoms with Gasteiger partial charge in [0.25, 0.3) is 0 Å². The van der Waals surface area contributed by atoms with Gasteiger partial charge in [0, 0.05) is 15.7 Å². The van der Waals surface area contributed by atoms with Gasteiger partial charge < -0.3 is 5.73 Å². The highest BCUT2D eigenvalue weighted by Gasteiger charge is 2.00. The van der Waals surface area contributed by atoms with Crippen molar-refractivity contribution in [2.45, 2.75) is 6.92 Å². The van der Waals surface area contributed by atoms with E-state index in [-0.39, 0.29) is 5.78 Å². The Morgan fingerprint density at radius 2 is 2.18 bits per heavy atom. The summed E-state index contributed by atoms with van der Waals surface area (Å²) < 4.78 is 0.822. The molecule has 58 valence electrons. The maximum Gasteiger partial charge on any atom is 0.159 e. The van der Waals surface area contributed by atoms with Gasteiger partial charge in [-0.25, -0.2) is 0 Å². The van der Waals surface area contributed by atoms with E-state index in [1.54, 1.807) is 18.2 Å². The number of halogens is 1. The van der Waals surface area contributed by atoms with E-state index in [0.29, 0.717) is 11.3 Å². The van der Waals surface area contributed by atoms with Crippen molar-refractivity contribution in [2.24, 2.45) is 0 Å². The van der Waals surface area contributed by atoms with Gasteiger partial charge in [-0.2, -0.15) is 0 Å². The first kappa shape index (κ1) is 8.27. The molecule has 0 fully saturated rings. The van der Waals surface area contributed by atoms with Gasteiger partial charge in [-0.05, 0) is 35.0 Å². The summed E-state index contributed by atoms with van der Waals surface area (Å²) in [7, 11) is 0. The molecule has 2 nitrogen and oxygen atoms in total. The Labute approximate surface area is 73.5 Å². The van der Waals surface area contributed by atoms with Gasteiger partial charge in [-0.3, -0.25) is 4.79 Å². The first-order chi connectivity index (χ1) is 5.11. The van der Waals surface area contributed by atoms with Gasteiger partial charge in [0.2, 0.25) is 0 Å². The van der Waals surface area contributed by atoms with Gasteiger partial charge >= 0.3 is 0 Å². The number of carbonyl (C=O) groups is 1. The molecule has 0 amide bonds. The summed E-state index contributed by atoms with van der Waals surface area (Å²) in [6, 6.07) is 5.17.